The molecule has 1 aliphatic carbocycles. The zero-order chi connectivity index (χ0) is 13.9. The molecule has 3 nitrogen and oxygen atoms in total. The number of rotatable bonds is 3. The van der Waals surface area contributed by atoms with Crippen molar-refractivity contribution < 1.29 is 0 Å². The van der Waals surface area contributed by atoms with E-state index < -0.39 is 0 Å². The number of hydrogen-bond acceptors (Lipinski definition) is 1. The molecule has 0 radical (unpaired) electrons. The molecule has 0 bridgehead atoms. The molecule has 2 unspecified atom stereocenters. The van der Waals surface area contributed by atoms with E-state index in [1.54, 1.807) is 0 Å². The van der Waals surface area contributed by atoms with Gasteiger partial charge in [0.25, 0.3) is 0 Å². The minimum Gasteiger partial charge on any atom is -0.370 e. The zero-order valence-electron chi connectivity index (χ0n) is 11.5. The smallest absolute Gasteiger partial charge is 0.189 e. The molecule has 0 aliphatic heterocycles. The lowest BCUT2D eigenvalue weighted by atomic mass is 9.81. The standard InChI is InChI=1S/C16H21N3/c1-13-8-6-7-11-16(13,2)19(15(17)18)12-14-9-4-3-5-10-14/h3-11,13H,12H2,1-2H3,(H3,17,18). The molecule has 0 saturated carbocycles. The SMILES string of the molecule is CC1C=CC=CC1(C)N(Cc1ccccc1)C(=N)N. The Balaban J connectivity index is 2.28. The summed E-state index contributed by atoms with van der Waals surface area (Å²) in [5, 5.41) is 7.90. The van der Waals surface area contributed by atoms with E-state index >= 15 is 0 Å². The van der Waals surface area contributed by atoms with Gasteiger partial charge in [-0.1, -0.05) is 61.6 Å². The lowest BCUT2D eigenvalue weighted by Gasteiger charge is -2.44. The first-order chi connectivity index (χ1) is 9.04. The maximum absolute atomic E-state index is 7.90. The van der Waals surface area contributed by atoms with Gasteiger partial charge in [0.15, 0.2) is 5.96 Å². The number of nitrogens with zero attached hydrogens (tertiary/aromatic N) is 1. The molecule has 19 heavy (non-hydrogen) atoms. The summed E-state index contributed by atoms with van der Waals surface area (Å²) in [6.07, 6.45) is 8.36. The third-order valence-electron chi connectivity index (χ3n) is 3.92. The van der Waals surface area contributed by atoms with Crippen molar-refractivity contribution in [3.63, 3.8) is 0 Å². The summed E-state index contributed by atoms with van der Waals surface area (Å²) in [5.74, 6) is 0.420. The Labute approximate surface area is 114 Å². The summed E-state index contributed by atoms with van der Waals surface area (Å²) in [6, 6.07) is 10.1. The van der Waals surface area contributed by atoms with E-state index in [0.717, 1.165) is 5.56 Å². The van der Waals surface area contributed by atoms with Crippen molar-refractivity contribution in [2.24, 2.45) is 11.7 Å². The molecule has 0 aromatic heterocycles. The normalized spacial score (nSPS) is 25.3. The van der Waals surface area contributed by atoms with Crippen LogP contribution in [0.3, 0.4) is 0 Å². The molecule has 0 fully saturated rings. The molecule has 0 spiro atoms. The maximum atomic E-state index is 7.90. The van der Waals surface area contributed by atoms with E-state index in [1.165, 1.54) is 0 Å². The predicted molar refractivity (Wildman–Crippen MR) is 79.7 cm³/mol. The summed E-state index contributed by atoms with van der Waals surface area (Å²) in [6.45, 7) is 4.93. The maximum Gasteiger partial charge on any atom is 0.189 e. The van der Waals surface area contributed by atoms with Gasteiger partial charge in [-0.3, -0.25) is 5.41 Å². The predicted octanol–water partition coefficient (Wildman–Crippen LogP) is 2.90. The summed E-state index contributed by atoms with van der Waals surface area (Å²) in [4.78, 5) is 1.95. The molecular formula is C16H21N3. The van der Waals surface area contributed by atoms with Gasteiger partial charge in [0.1, 0.15) is 0 Å². The van der Waals surface area contributed by atoms with Gasteiger partial charge in [0.2, 0.25) is 0 Å². The van der Waals surface area contributed by atoms with Crippen LogP contribution >= 0.6 is 0 Å². The quantitative estimate of drug-likeness (QED) is 0.644. The molecule has 1 aromatic rings. The first-order valence-electron chi connectivity index (χ1n) is 6.55. The third kappa shape index (κ3) is 2.70. The van der Waals surface area contributed by atoms with Gasteiger partial charge in [-0.25, -0.2) is 0 Å². The van der Waals surface area contributed by atoms with Crippen LogP contribution in [-0.4, -0.2) is 16.4 Å². The second-order valence-corrected chi connectivity index (χ2v) is 5.22. The van der Waals surface area contributed by atoms with Gasteiger partial charge >= 0.3 is 0 Å². The molecular weight excluding hydrogens is 234 g/mol. The van der Waals surface area contributed by atoms with Crippen molar-refractivity contribution in [2.75, 3.05) is 0 Å². The first kappa shape index (κ1) is 13.4. The average Bonchev–Trinajstić information content (AvgIpc) is 2.40. The molecule has 100 valence electrons. The fourth-order valence-electron chi connectivity index (χ4n) is 2.44. The molecule has 3 N–H and O–H groups in total. The van der Waals surface area contributed by atoms with Gasteiger partial charge in [-0.2, -0.15) is 0 Å². The highest BCUT2D eigenvalue weighted by Gasteiger charge is 2.35. The van der Waals surface area contributed by atoms with Gasteiger partial charge in [-0.05, 0) is 12.5 Å². The average molecular weight is 255 g/mol. The fraction of sp³-hybridized carbons (Fsp3) is 0.312. The van der Waals surface area contributed by atoms with Crippen LogP contribution in [0.1, 0.15) is 19.4 Å². The van der Waals surface area contributed by atoms with Crippen molar-refractivity contribution in [3.05, 3.63) is 60.2 Å². The Morgan fingerprint density at radius 1 is 1.32 bits per heavy atom. The van der Waals surface area contributed by atoms with E-state index in [-0.39, 0.29) is 11.5 Å². The first-order valence-corrected chi connectivity index (χ1v) is 6.55. The Hall–Kier alpha value is -2.03. The van der Waals surface area contributed by atoms with Crippen molar-refractivity contribution >= 4 is 5.96 Å². The van der Waals surface area contributed by atoms with Crippen LogP contribution in [-0.2, 0) is 6.54 Å². The van der Waals surface area contributed by atoms with Crippen LogP contribution in [0, 0.1) is 11.3 Å². The number of nitrogens with two attached hydrogens (primary N) is 1. The van der Waals surface area contributed by atoms with E-state index in [9.17, 15) is 0 Å². The molecule has 2 atom stereocenters. The van der Waals surface area contributed by atoms with Crippen molar-refractivity contribution in [1.29, 1.82) is 5.41 Å². The molecule has 1 aromatic carbocycles. The molecule has 1 aliphatic rings. The fourth-order valence-corrected chi connectivity index (χ4v) is 2.44. The minimum atomic E-state index is -0.254. The summed E-state index contributed by atoms with van der Waals surface area (Å²) < 4.78 is 0. The van der Waals surface area contributed by atoms with Crippen molar-refractivity contribution in [2.45, 2.75) is 25.9 Å². The number of nitrogens with one attached hydrogen (secondary N) is 1. The Bertz CT molecular complexity index is 504. The number of allylic oxidation sites excluding steroid dienone is 2. The molecule has 0 heterocycles. The van der Waals surface area contributed by atoms with Crippen LogP contribution in [0.25, 0.3) is 0 Å². The van der Waals surface area contributed by atoms with Crippen LogP contribution in [0.2, 0.25) is 0 Å². The highest BCUT2D eigenvalue weighted by Crippen LogP contribution is 2.31. The highest BCUT2D eigenvalue weighted by atomic mass is 15.3. The Kier molecular flexibility index (Phi) is 3.74. The minimum absolute atomic E-state index is 0.109. The Morgan fingerprint density at radius 2 is 2.00 bits per heavy atom. The third-order valence-corrected chi connectivity index (χ3v) is 3.92. The van der Waals surface area contributed by atoms with Crippen LogP contribution < -0.4 is 5.73 Å². The lowest BCUT2D eigenvalue weighted by Crippen LogP contribution is -2.54. The van der Waals surface area contributed by atoms with E-state index in [4.69, 9.17) is 11.1 Å². The van der Waals surface area contributed by atoms with Crippen molar-refractivity contribution in [1.82, 2.24) is 4.90 Å². The molecule has 3 heteroatoms. The van der Waals surface area contributed by atoms with Crippen molar-refractivity contribution in [3.8, 4) is 0 Å². The summed E-state index contributed by atoms with van der Waals surface area (Å²) in [7, 11) is 0. The van der Waals surface area contributed by atoms with Crippen LogP contribution in [0.5, 0.6) is 0 Å². The van der Waals surface area contributed by atoms with Crippen LogP contribution in [0.15, 0.2) is 54.6 Å². The van der Waals surface area contributed by atoms with E-state index in [0.29, 0.717) is 12.5 Å². The van der Waals surface area contributed by atoms with Gasteiger partial charge in [0.05, 0.1) is 5.54 Å². The van der Waals surface area contributed by atoms with Gasteiger partial charge < -0.3 is 10.6 Å². The number of hydrogen-bond donors (Lipinski definition) is 2. The monoisotopic (exact) mass is 255 g/mol. The second-order valence-electron chi connectivity index (χ2n) is 5.22. The second kappa shape index (κ2) is 5.31. The van der Waals surface area contributed by atoms with Gasteiger partial charge in [0, 0.05) is 12.5 Å². The largest absolute Gasteiger partial charge is 0.370 e. The van der Waals surface area contributed by atoms with Gasteiger partial charge in [-0.15, -0.1) is 0 Å². The topological polar surface area (TPSA) is 53.1 Å². The van der Waals surface area contributed by atoms with E-state index in [1.807, 2.05) is 35.3 Å². The van der Waals surface area contributed by atoms with Crippen LogP contribution in [0.4, 0.5) is 0 Å². The highest BCUT2D eigenvalue weighted by molar-refractivity contribution is 5.76. The molecule has 2 rings (SSSR count). The molecule has 0 amide bonds. The number of benzene rings is 1. The zero-order valence-corrected chi connectivity index (χ0v) is 11.5. The Morgan fingerprint density at radius 3 is 2.58 bits per heavy atom. The summed E-state index contributed by atoms with van der Waals surface area (Å²) >= 11 is 0. The summed E-state index contributed by atoms with van der Waals surface area (Å²) in [5.41, 5.74) is 6.72. The number of guanidine groups is 1. The molecule has 0 saturated heterocycles. The lowest BCUT2D eigenvalue weighted by molar-refractivity contribution is 0.188. The van der Waals surface area contributed by atoms with E-state index in [2.05, 4.69) is 38.1 Å².